The van der Waals surface area contributed by atoms with Gasteiger partial charge in [0.25, 0.3) is 0 Å². The summed E-state index contributed by atoms with van der Waals surface area (Å²) in [4.78, 5) is 12.0. The lowest BCUT2D eigenvalue weighted by atomic mass is 10.1. The molecular formula is C19H23NO3. The average Bonchev–Trinajstić information content (AvgIpc) is 2.53. The van der Waals surface area contributed by atoms with Crippen LogP contribution in [0.1, 0.15) is 30.6 Å². The van der Waals surface area contributed by atoms with Crippen LogP contribution >= 0.6 is 0 Å². The van der Waals surface area contributed by atoms with E-state index in [4.69, 9.17) is 4.74 Å². The van der Waals surface area contributed by atoms with Gasteiger partial charge in [0.05, 0.1) is 18.6 Å². The molecule has 4 heteroatoms. The molecule has 23 heavy (non-hydrogen) atoms. The first kappa shape index (κ1) is 17.0. The zero-order valence-corrected chi connectivity index (χ0v) is 13.5. The molecule has 0 bridgehead atoms. The van der Waals surface area contributed by atoms with Gasteiger partial charge in [0, 0.05) is 0 Å². The van der Waals surface area contributed by atoms with E-state index in [2.05, 4.69) is 5.32 Å². The number of hydrogen-bond donors (Lipinski definition) is 2. The lowest BCUT2D eigenvalue weighted by Gasteiger charge is -2.17. The van der Waals surface area contributed by atoms with E-state index in [0.29, 0.717) is 6.61 Å². The van der Waals surface area contributed by atoms with Crippen molar-refractivity contribution >= 4 is 5.91 Å². The Morgan fingerprint density at radius 3 is 2.61 bits per heavy atom. The normalized spacial score (nSPS) is 13.2. The van der Waals surface area contributed by atoms with Crippen molar-refractivity contribution in [3.8, 4) is 5.75 Å². The highest BCUT2D eigenvalue weighted by Crippen LogP contribution is 2.16. The number of amides is 1. The van der Waals surface area contributed by atoms with Crippen LogP contribution in [0, 0.1) is 6.92 Å². The number of ether oxygens (including phenoxy) is 1. The molecule has 0 aliphatic rings. The maximum atomic E-state index is 12.0. The molecule has 0 saturated heterocycles. The van der Waals surface area contributed by atoms with Gasteiger partial charge < -0.3 is 15.2 Å². The van der Waals surface area contributed by atoms with Gasteiger partial charge in [-0.05, 0) is 37.1 Å². The Hall–Kier alpha value is -2.33. The molecule has 2 aromatic carbocycles. The minimum absolute atomic E-state index is 0.0405. The van der Waals surface area contributed by atoms with Crippen LogP contribution in [0.25, 0.3) is 0 Å². The number of carbonyl (C=O) groups excluding carboxylic acids is 1. The van der Waals surface area contributed by atoms with Crippen molar-refractivity contribution in [1.29, 1.82) is 0 Å². The quantitative estimate of drug-likeness (QED) is 0.826. The van der Waals surface area contributed by atoms with Crippen LogP contribution in [0.4, 0.5) is 0 Å². The molecule has 2 unspecified atom stereocenters. The van der Waals surface area contributed by atoms with Crippen LogP contribution in [0.5, 0.6) is 5.75 Å². The SMILES string of the molecule is Cc1cccc(OCC(C)NC(=O)CC(O)c2ccccc2)c1. The third kappa shape index (κ3) is 5.75. The van der Waals surface area contributed by atoms with E-state index in [-0.39, 0.29) is 18.4 Å². The third-order valence-electron chi connectivity index (χ3n) is 3.46. The Morgan fingerprint density at radius 1 is 1.17 bits per heavy atom. The number of nitrogens with one attached hydrogen (secondary N) is 1. The summed E-state index contributed by atoms with van der Waals surface area (Å²) >= 11 is 0. The second-order valence-corrected chi connectivity index (χ2v) is 5.73. The summed E-state index contributed by atoms with van der Waals surface area (Å²) in [6.45, 7) is 4.27. The summed E-state index contributed by atoms with van der Waals surface area (Å²) < 4.78 is 5.66. The lowest BCUT2D eigenvalue weighted by Crippen LogP contribution is -2.37. The minimum Gasteiger partial charge on any atom is -0.491 e. The van der Waals surface area contributed by atoms with Crippen molar-refractivity contribution in [2.45, 2.75) is 32.4 Å². The minimum atomic E-state index is -0.791. The van der Waals surface area contributed by atoms with Gasteiger partial charge in [-0.3, -0.25) is 4.79 Å². The molecule has 2 N–H and O–H groups in total. The Balaban J connectivity index is 1.76. The molecule has 0 spiro atoms. The van der Waals surface area contributed by atoms with Gasteiger partial charge in [-0.25, -0.2) is 0 Å². The maximum Gasteiger partial charge on any atom is 0.223 e. The Bertz CT molecular complexity index is 628. The summed E-state index contributed by atoms with van der Waals surface area (Å²) in [6.07, 6.45) is -0.750. The molecule has 1 amide bonds. The van der Waals surface area contributed by atoms with Gasteiger partial charge in [-0.15, -0.1) is 0 Å². The fourth-order valence-corrected chi connectivity index (χ4v) is 2.27. The standard InChI is InChI=1S/C19H23NO3/c1-14-7-6-10-17(11-14)23-13-15(2)20-19(22)12-18(21)16-8-4-3-5-9-16/h3-11,15,18,21H,12-13H2,1-2H3,(H,20,22). The molecule has 122 valence electrons. The molecular weight excluding hydrogens is 290 g/mol. The molecule has 2 aromatic rings. The fourth-order valence-electron chi connectivity index (χ4n) is 2.27. The topological polar surface area (TPSA) is 58.6 Å². The van der Waals surface area contributed by atoms with Crippen molar-refractivity contribution < 1.29 is 14.6 Å². The number of aryl methyl sites for hydroxylation is 1. The maximum absolute atomic E-state index is 12.0. The first-order valence-electron chi connectivity index (χ1n) is 7.76. The molecule has 0 aliphatic heterocycles. The number of carbonyl (C=O) groups is 1. The van der Waals surface area contributed by atoms with E-state index in [1.807, 2.05) is 68.4 Å². The molecule has 0 saturated carbocycles. The highest BCUT2D eigenvalue weighted by molar-refractivity contribution is 5.76. The molecule has 0 fully saturated rings. The van der Waals surface area contributed by atoms with Gasteiger partial charge in [0.15, 0.2) is 0 Å². The molecule has 0 aromatic heterocycles. The summed E-state index contributed by atoms with van der Waals surface area (Å²) in [7, 11) is 0. The molecule has 2 atom stereocenters. The Labute approximate surface area is 137 Å². The van der Waals surface area contributed by atoms with E-state index in [1.54, 1.807) is 0 Å². The Morgan fingerprint density at radius 2 is 1.91 bits per heavy atom. The predicted octanol–water partition coefficient (Wildman–Crippen LogP) is 3.00. The van der Waals surface area contributed by atoms with Crippen molar-refractivity contribution in [2.24, 2.45) is 0 Å². The summed E-state index contributed by atoms with van der Waals surface area (Å²) in [5, 5.41) is 12.9. The molecule has 0 heterocycles. The van der Waals surface area contributed by atoms with Crippen molar-refractivity contribution in [3.63, 3.8) is 0 Å². The largest absolute Gasteiger partial charge is 0.491 e. The van der Waals surface area contributed by atoms with E-state index in [0.717, 1.165) is 16.9 Å². The van der Waals surface area contributed by atoms with Gasteiger partial charge in [-0.2, -0.15) is 0 Å². The fraction of sp³-hybridized carbons (Fsp3) is 0.316. The first-order chi connectivity index (χ1) is 11.0. The second-order valence-electron chi connectivity index (χ2n) is 5.73. The zero-order chi connectivity index (χ0) is 16.7. The zero-order valence-electron chi connectivity index (χ0n) is 13.5. The van der Waals surface area contributed by atoms with Crippen LogP contribution in [0.15, 0.2) is 54.6 Å². The highest BCUT2D eigenvalue weighted by Gasteiger charge is 2.14. The second kappa shape index (κ2) is 8.34. The number of aliphatic hydroxyl groups is 1. The molecule has 4 nitrogen and oxygen atoms in total. The number of aliphatic hydroxyl groups excluding tert-OH is 1. The van der Waals surface area contributed by atoms with Crippen LogP contribution in [-0.2, 0) is 4.79 Å². The van der Waals surface area contributed by atoms with Gasteiger partial charge >= 0.3 is 0 Å². The average molecular weight is 313 g/mol. The smallest absolute Gasteiger partial charge is 0.223 e. The van der Waals surface area contributed by atoms with E-state index >= 15 is 0 Å². The summed E-state index contributed by atoms with van der Waals surface area (Å²) in [6, 6.07) is 16.8. The van der Waals surface area contributed by atoms with E-state index < -0.39 is 6.10 Å². The summed E-state index contributed by atoms with van der Waals surface area (Å²) in [5.74, 6) is 0.595. The monoisotopic (exact) mass is 313 g/mol. The summed E-state index contributed by atoms with van der Waals surface area (Å²) in [5.41, 5.74) is 1.87. The number of hydrogen-bond acceptors (Lipinski definition) is 3. The Kier molecular flexibility index (Phi) is 6.18. The van der Waals surface area contributed by atoms with Crippen molar-refractivity contribution in [3.05, 3.63) is 65.7 Å². The highest BCUT2D eigenvalue weighted by atomic mass is 16.5. The van der Waals surface area contributed by atoms with Crippen LogP contribution in [-0.4, -0.2) is 23.7 Å². The molecule has 0 radical (unpaired) electrons. The van der Waals surface area contributed by atoms with Gasteiger partial charge in [-0.1, -0.05) is 42.5 Å². The van der Waals surface area contributed by atoms with Crippen LogP contribution < -0.4 is 10.1 Å². The molecule has 2 rings (SSSR count). The van der Waals surface area contributed by atoms with Crippen molar-refractivity contribution in [2.75, 3.05) is 6.61 Å². The van der Waals surface area contributed by atoms with Crippen LogP contribution in [0.3, 0.4) is 0 Å². The first-order valence-corrected chi connectivity index (χ1v) is 7.76. The van der Waals surface area contributed by atoms with Crippen LogP contribution in [0.2, 0.25) is 0 Å². The van der Waals surface area contributed by atoms with E-state index in [9.17, 15) is 9.90 Å². The molecule has 0 aliphatic carbocycles. The predicted molar refractivity (Wildman–Crippen MR) is 90.3 cm³/mol. The third-order valence-corrected chi connectivity index (χ3v) is 3.46. The number of rotatable bonds is 7. The van der Waals surface area contributed by atoms with Crippen molar-refractivity contribution in [1.82, 2.24) is 5.32 Å². The van der Waals surface area contributed by atoms with Gasteiger partial charge in [0.1, 0.15) is 12.4 Å². The number of benzene rings is 2. The van der Waals surface area contributed by atoms with Gasteiger partial charge in [0.2, 0.25) is 5.91 Å². The lowest BCUT2D eigenvalue weighted by molar-refractivity contribution is -0.123. The van der Waals surface area contributed by atoms with E-state index in [1.165, 1.54) is 0 Å².